The van der Waals surface area contributed by atoms with Gasteiger partial charge in [-0.15, -0.1) is 7.28 Å². The second-order valence-corrected chi connectivity index (χ2v) is 4.32. The van der Waals surface area contributed by atoms with Crippen molar-refractivity contribution in [3.8, 4) is 0 Å². The van der Waals surface area contributed by atoms with E-state index in [1.807, 2.05) is 0 Å². The zero-order chi connectivity index (χ0) is 14.3. The third-order valence-corrected chi connectivity index (χ3v) is 3.03. The number of aryl methyl sites for hydroxylation is 2. The van der Waals surface area contributed by atoms with Crippen LogP contribution in [0.2, 0.25) is 0 Å². The Hall–Kier alpha value is -1.79. The van der Waals surface area contributed by atoms with E-state index in [1.165, 1.54) is 0 Å². The number of halogens is 4. The Kier molecular flexibility index (Phi) is 3.39. The van der Waals surface area contributed by atoms with Gasteiger partial charge in [0, 0.05) is 11.3 Å². The number of aromatic nitrogens is 2. The fourth-order valence-electron chi connectivity index (χ4n) is 1.82. The third-order valence-electron chi connectivity index (χ3n) is 3.03. The monoisotopic (exact) mass is 270 g/mol. The molecule has 0 N–H and O–H groups in total. The summed E-state index contributed by atoms with van der Waals surface area (Å²) < 4.78 is 57.5. The zero-order valence-electron chi connectivity index (χ0n) is 10.6. The summed E-state index contributed by atoms with van der Waals surface area (Å²) in [5, 5.41) is 0. The maximum Gasteiger partial charge on any atom is 0.161 e. The maximum atomic E-state index is 13.7. The molecular weight excluding hydrogens is 259 g/mol. The van der Waals surface area contributed by atoms with Crippen LogP contribution in [0.5, 0.6) is 0 Å². The van der Waals surface area contributed by atoms with Crippen LogP contribution in [0.15, 0.2) is 12.4 Å². The molecule has 0 spiro atoms. The highest BCUT2D eigenvalue weighted by Crippen LogP contribution is 2.16. The molecule has 2 aromatic rings. The van der Waals surface area contributed by atoms with E-state index in [0.29, 0.717) is 5.72 Å². The smallest absolute Gasteiger partial charge is 0.161 e. The molecular formula is C12H11BF4N2. The second kappa shape index (κ2) is 4.72. The maximum absolute atomic E-state index is 13.7. The van der Waals surface area contributed by atoms with Gasteiger partial charge in [0.1, 0.15) is 24.0 Å². The fraction of sp³-hybridized carbons (Fsp3) is 0.250. The summed E-state index contributed by atoms with van der Waals surface area (Å²) >= 11 is 0. The van der Waals surface area contributed by atoms with Gasteiger partial charge in [0.25, 0.3) is 0 Å². The molecule has 7 heteroatoms. The molecule has 0 aliphatic carbocycles. The second-order valence-electron chi connectivity index (χ2n) is 4.32. The fourth-order valence-corrected chi connectivity index (χ4v) is 1.82. The molecule has 1 aromatic heterocycles. The highest BCUT2D eigenvalue weighted by Gasteiger charge is 2.18. The molecule has 0 bridgehead atoms. The van der Waals surface area contributed by atoms with Gasteiger partial charge in [0.15, 0.2) is 11.6 Å². The van der Waals surface area contributed by atoms with Crippen LogP contribution in [-0.4, -0.2) is 11.8 Å². The van der Waals surface area contributed by atoms with Crippen molar-refractivity contribution in [3.63, 3.8) is 0 Å². The van der Waals surface area contributed by atoms with Crippen LogP contribution in [0.1, 0.15) is 5.56 Å². The minimum Gasteiger partial charge on any atom is -0.280 e. The van der Waals surface area contributed by atoms with Crippen LogP contribution in [0, 0.1) is 30.2 Å². The van der Waals surface area contributed by atoms with Gasteiger partial charge in [-0.1, -0.05) is 0 Å². The Morgan fingerprint density at radius 1 is 1.05 bits per heavy atom. The van der Waals surface area contributed by atoms with Crippen LogP contribution in [0.4, 0.5) is 17.6 Å². The Bertz CT molecular complexity index is 603. The molecule has 1 heterocycles. The zero-order valence-corrected chi connectivity index (χ0v) is 10.6. The van der Waals surface area contributed by atoms with Gasteiger partial charge < -0.3 is 0 Å². The molecule has 19 heavy (non-hydrogen) atoms. The lowest BCUT2D eigenvalue weighted by Crippen LogP contribution is -2.54. The van der Waals surface area contributed by atoms with Crippen molar-refractivity contribution >= 4 is 18.5 Å². The van der Waals surface area contributed by atoms with E-state index in [4.69, 9.17) is 0 Å². The molecule has 0 saturated heterocycles. The van der Waals surface area contributed by atoms with Crippen molar-refractivity contribution in [1.82, 2.24) is 4.57 Å². The molecule has 0 aliphatic heterocycles. The van der Waals surface area contributed by atoms with Crippen molar-refractivity contribution in [3.05, 3.63) is 41.2 Å². The highest BCUT2D eigenvalue weighted by molar-refractivity contribution is 6.65. The first kappa shape index (κ1) is 13.6. The van der Waals surface area contributed by atoms with Crippen molar-refractivity contribution in [2.75, 3.05) is 0 Å². The first-order valence-electron chi connectivity index (χ1n) is 5.52. The predicted octanol–water partition coefficient (Wildman–Crippen LogP) is 0.369. The SMILES string of the molecule is Cc1c(F)c(F)c([B-]c2n(C)cc[n+]2C)c(F)c1F. The largest absolute Gasteiger partial charge is 0.280 e. The van der Waals surface area contributed by atoms with E-state index in [0.717, 1.165) is 14.2 Å². The van der Waals surface area contributed by atoms with Crippen molar-refractivity contribution in [1.29, 1.82) is 0 Å². The van der Waals surface area contributed by atoms with Crippen LogP contribution in [0.3, 0.4) is 0 Å². The molecule has 0 atom stereocenters. The first-order chi connectivity index (χ1) is 8.84. The first-order valence-corrected chi connectivity index (χ1v) is 5.52. The highest BCUT2D eigenvalue weighted by atomic mass is 19.2. The lowest BCUT2D eigenvalue weighted by molar-refractivity contribution is -0.652. The summed E-state index contributed by atoms with van der Waals surface area (Å²) in [7, 11) is 4.38. The normalized spacial score (nSPS) is 11.1. The Balaban J connectivity index is 2.58. The van der Waals surface area contributed by atoms with Gasteiger partial charge in [-0.2, -0.15) is 5.46 Å². The van der Waals surface area contributed by atoms with Crippen molar-refractivity contribution in [2.45, 2.75) is 6.92 Å². The van der Waals surface area contributed by atoms with Gasteiger partial charge in [-0.3, -0.25) is 9.13 Å². The minimum atomic E-state index is -1.39. The quantitative estimate of drug-likeness (QED) is 0.323. The summed E-state index contributed by atoms with van der Waals surface area (Å²) in [6.07, 6.45) is 3.31. The predicted molar refractivity (Wildman–Crippen MR) is 62.6 cm³/mol. The Morgan fingerprint density at radius 2 is 1.58 bits per heavy atom. The lowest BCUT2D eigenvalue weighted by atomic mass is 9.68. The number of imidazole rings is 1. The molecule has 100 valence electrons. The number of nitrogens with zero attached hydrogens (tertiary/aromatic N) is 2. The lowest BCUT2D eigenvalue weighted by Gasteiger charge is -2.18. The molecule has 1 aromatic carbocycles. The van der Waals surface area contributed by atoms with Crippen LogP contribution in [0.25, 0.3) is 0 Å². The average Bonchev–Trinajstić information content (AvgIpc) is 2.70. The summed E-state index contributed by atoms with van der Waals surface area (Å²) in [6, 6.07) is 0. The van der Waals surface area contributed by atoms with Crippen LogP contribution in [-0.2, 0) is 14.1 Å². The van der Waals surface area contributed by atoms with E-state index >= 15 is 0 Å². The molecule has 0 fully saturated rings. The molecule has 0 amide bonds. The van der Waals surface area contributed by atoms with E-state index in [1.54, 1.807) is 35.6 Å². The molecule has 2 rings (SSSR count). The number of hydrogen-bond acceptors (Lipinski definition) is 0. The molecule has 2 nitrogen and oxygen atoms in total. The molecule has 0 unspecified atom stereocenters. The van der Waals surface area contributed by atoms with Crippen molar-refractivity contribution in [2.24, 2.45) is 14.1 Å². The van der Waals surface area contributed by atoms with E-state index in [2.05, 4.69) is 0 Å². The number of rotatable bonds is 2. The van der Waals surface area contributed by atoms with Gasteiger partial charge in [0.05, 0.1) is 14.1 Å². The summed E-state index contributed by atoms with van der Waals surface area (Å²) in [4.78, 5) is 0. The number of benzene rings is 1. The molecule has 0 saturated carbocycles. The van der Waals surface area contributed by atoms with Crippen LogP contribution >= 0.6 is 0 Å². The molecule has 0 aliphatic rings. The Labute approximate surface area is 108 Å². The minimum absolute atomic E-state index is 0.403. The van der Waals surface area contributed by atoms with Gasteiger partial charge in [-0.25, -0.2) is 17.6 Å². The topological polar surface area (TPSA) is 8.81 Å². The van der Waals surface area contributed by atoms with Gasteiger partial charge >= 0.3 is 0 Å². The summed E-state index contributed by atoms with van der Waals surface area (Å²) in [5.41, 5.74) is -0.984. The molecule has 2 radical (unpaired) electrons. The van der Waals surface area contributed by atoms with E-state index in [9.17, 15) is 17.6 Å². The standard InChI is InChI=1S/C12H11BF4N2/c1-6-8(14)10(16)7(11(17)9(6)15)13-12-18(2)4-5-19(12)3/h4-5H,1-3H3. The van der Waals surface area contributed by atoms with Gasteiger partial charge in [-0.05, 0) is 6.92 Å². The average molecular weight is 270 g/mol. The van der Waals surface area contributed by atoms with Crippen molar-refractivity contribution < 1.29 is 22.1 Å². The summed E-state index contributed by atoms with van der Waals surface area (Å²) in [6.45, 7) is 0.989. The summed E-state index contributed by atoms with van der Waals surface area (Å²) in [5.74, 6) is -5.53. The van der Waals surface area contributed by atoms with E-state index < -0.39 is 34.3 Å². The van der Waals surface area contributed by atoms with Crippen LogP contribution < -0.4 is 15.8 Å². The Morgan fingerprint density at radius 3 is 2.00 bits per heavy atom. The van der Waals surface area contributed by atoms with Gasteiger partial charge in [0.2, 0.25) is 0 Å². The number of hydrogen-bond donors (Lipinski definition) is 0. The third kappa shape index (κ3) is 2.13. The van der Waals surface area contributed by atoms with E-state index in [-0.39, 0.29) is 0 Å².